The first-order valence-corrected chi connectivity index (χ1v) is 12.8. The van der Waals surface area contributed by atoms with Crippen LogP contribution >= 0.6 is 0 Å². The summed E-state index contributed by atoms with van der Waals surface area (Å²) in [5.74, 6) is 1.20. The van der Waals surface area contributed by atoms with Gasteiger partial charge in [0.2, 0.25) is 5.91 Å². The Balaban J connectivity index is 1.44. The molecule has 1 aromatic rings. The second kappa shape index (κ2) is 11.0. The first-order chi connectivity index (χ1) is 16.3. The number of rotatable bonds is 3. The van der Waals surface area contributed by atoms with Crippen LogP contribution in [0.5, 0.6) is 0 Å². The molecule has 34 heavy (non-hydrogen) atoms. The Bertz CT molecular complexity index is 829. The number of aliphatic hydroxyl groups is 1. The molecule has 3 atom stereocenters. The van der Waals surface area contributed by atoms with Crippen LogP contribution in [0.3, 0.4) is 0 Å². The maximum absolute atomic E-state index is 13.4. The van der Waals surface area contributed by atoms with Gasteiger partial charge in [-0.15, -0.1) is 0 Å². The molecule has 4 rings (SSSR count). The molecule has 0 aromatic carbocycles. The molecule has 2 N–H and O–H groups in total. The van der Waals surface area contributed by atoms with Crippen molar-refractivity contribution in [2.24, 2.45) is 23.2 Å². The van der Waals surface area contributed by atoms with Crippen molar-refractivity contribution >= 4 is 17.6 Å². The lowest BCUT2D eigenvalue weighted by atomic mass is 9.80. The number of fused-ring (bicyclic) bond motifs is 1. The Hall–Kier alpha value is -2.19. The van der Waals surface area contributed by atoms with Gasteiger partial charge in [-0.05, 0) is 62.0 Å². The molecule has 3 amide bonds. The lowest BCUT2D eigenvalue weighted by molar-refractivity contribution is -0.136. The van der Waals surface area contributed by atoms with Crippen molar-refractivity contribution in [3.05, 3.63) is 24.5 Å². The van der Waals surface area contributed by atoms with Gasteiger partial charge in [-0.2, -0.15) is 0 Å². The second-order valence-electron chi connectivity index (χ2n) is 11.1. The number of aromatic nitrogens is 1. The molecule has 3 aliphatic rings. The summed E-state index contributed by atoms with van der Waals surface area (Å²) in [5, 5.41) is 13.9. The van der Waals surface area contributed by atoms with E-state index in [0.717, 1.165) is 25.8 Å². The van der Waals surface area contributed by atoms with Gasteiger partial charge in [0.15, 0.2) is 0 Å². The summed E-state index contributed by atoms with van der Waals surface area (Å²) < 4.78 is 5.96. The highest BCUT2D eigenvalue weighted by Gasteiger charge is 2.37. The molecule has 8 heteroatoms. The van der Waals surface area contributed by atoms with Crippen molar-refractivity contribution in [2.45, 2.75) is 58.5 Å². The molecule has 2 aliphatic heterocycles. The zero-order valence-electron chi connectivity index (χ0n) is 20.6. The third kappa shape index (κ3) is 6.69. The van der Waals surface area contributed by atoms with Gasteiger partial charge in [0.05, 0.1) is 24.6 Å². The van der Waals surface area contributed by atoms with E-state index in [-0.39, 0.29) is 23.8 Å². The molecule has 0 spiro atoms. The van der Waals surface area contributed by atoms with E-state index in [2.05, 4.69) is 10.3 Å². The van der Waals surface area contributed by atoms with Crippen LogP contribution in [0.2, 0.25) is 0 Å². The highest BCUT2D eigenvalue weighted by Crippen LogP contribution is 2.34. The van der Waals surface area contributed by atoms with E-state index in [0.29, 0.717) is 50.9 Å². The minimum absolute atomic E-state index is 0.114. The molecule has 3 fully saturated rings. The zero-order chi connectivity index (χ0) is 24.1. The molecule has 0 radical (unpaired) electrons. The van der Waals surface area contributed by atoms with Crippen molar-refractivity contribution in [3.63, 3.8) is 0 Å². The van der Waals surface area contributed by atoms with Crippen molar-refractivity contribution < 1.29 is 19.4 Å². The molecule has 8 nitrogen and oxygen atoms in total. The molecule has 0 bridgehead atoms. The average Bonchev–Trinajstić information content (AvgIpc) is 3.63. The van der Waals surface area contributed by atoms with Crippen LogP contribution in [0.4, 0.5) is 10.5 Å². The maximum Gasteiger partial charge on any atom is 0.321 e. The number of anilines is 1. The van der Waals surface area contributed by atoms with Crippen molar-refractivity contribution in [2.75, 3.05) is 44.7 Å². The number of carbonyl (C=O) groups excluding carboxylic acids is 2. The number of aliphatic hydroxyl groups excluding tert-OH is 1. The number of urea groups is 1. The van der Waals surface area contributed by atoms with Gasteiger partial charge in [-0.25, -0.2) is 4.79 Å². The SMILES string of the molecule is CC1(C)COCCC[C@H]2CN(C(=O)Nc3cccnc3)CC[C@H]2CC(=O)N(CC2CC2)C[C@@H]1O. The Labute approximate surface area is 203 Å². The number of ether oxygens (including phenoxy) is 1. The predicted octanol–water partition coefficient (Wildman–Crippen LogP) is 3.38. The van der Waals surface area contributed by atoms with Crippen molar-refractivity contribution in [1.29, 1.82) is 0 Å². The van der Waals surface area contributed by atoms with Gasteiger partial charge in [-0.3, -0.25) is 9.78 Å². The number of β-amino-alcohol motifs (C(OH)–C–C–N with tert-alkyl or cyclic N) is 1. The van der Waals surface area contributed by atoms with Gasteiger partial charge < -0.3 is 25.0 Å². The van der Waals surface area contributed by atoms with Gasteiger partial charge in [0.25, 0.3) is 0 Å². The van der Waals surface area contributed by atoms with E-state index in [1.807, 2.05) is 29.7 Å². The summed E-state index contributed by atoms with van der Waals surface area (Å²) in [4.78, 5) is 34.1. The minimum atomic E-state index is -0.621. The van der Waals surface area contributed by atoms with Crippen molar-refractivity contribution in [3.8, 4) is 0 Å². The molecule has 1 aromatic heterocycles. The van der Waals surface area contributed by atoms with Crippen LogP contribution in [-0.2, 0) is 9.53 Å². The number of hydrogen-bond donors (Lipinski definition) is 2. The van der Waals surface area contributed by atoms with E-state index in [9.17, 15) is 14.7 Å². The van der Waals surface area contributed by atoms with Crippen LogP contribution in [-0.4, -0.2) is 77.3 Å². The topological polar surface area (TPSA) is 95.0 Å². The molecular formula is C26H40N4O4. The van der Waals surface area contributed by atoms with E-state index < -0.39 is 11.5 Å². The summed E-state index contributed by atoms with van der Waals surface area (Å²) >= 11 is 0. The first kappa shape index (κ1) is 24.9. The highest BCUT2D eigenvalue weighted by atomic mass is 16.5. The van der Waals surface area contributed by atoms with Crippen LogP contribution in [0.25, 0.3) is 0 Å². The third-order valence-electron chi connectivity index (χ3n) is 7.69. The standard InChI is InChI=1S/C26H40N4O4/c1-26(2)18-34-12-4-5-21-16-29(25(33)28-22-6-3-10-27-14-22)11-9-20(21)13-24(32)30(17-23(26)31)15-19-7-8-19/h3,6,10,14,19-21,23,31H,4-5,7-9,11-13,15-18H2,1-2H3,(H,28,33)/t20-,21-,23-/m0/s1. The summed E-state index contributed by atoms with van der Waals surface area (Å²) in [6.07, 6.45) is 8.13. The van der Waals surface area contributed by atoms with Crippen LogP contribution in [0, 0.1) is 23.2 Å². The monoisotopic (exact) mass is 472 g/mol. The van der Waals surface area contributed by atoms with Crippen molar-refractivity contribution in [1.82, 2.24) is 14.8 Å². The Morgan fingerprint density at radius 1 is 1.24 bits per heavy atom. The van der Waals surface area contributed by atoms with E-state index in [1.165, 1.54) is 12.8 Å². The lowest BCUT2D eigenvalue weighted by Crippen LogP contribution is -2.48. The molecule has 188 valence electrons. The number of pyridine rings is 1. The normalized spacial score (nSPS) is 28.8. The minimum Gasteiger partial charge on any atom is -0.391 e. The fraction of sp³-hybridized carbons (Fsp3) is 0.731. The average molecular weight is 473 g/mol. The molecular weight excluding hydrogens is 432 g/mol. The van der Waals surface area contributed by atoms with Crippen LogP contribution < -0.4 is 5.32 Å². The number of amides is 3. The summed E-state index contributed by atoms with van der Waals surface area (Å²) in [7, 11) is 0. The number of nitrogens with one attached hydrogen (secondary N) is 1. The number of nitrogens with zero attached hydrogens (tertiary/aromatic N) is 3. The van der Waals surface area contributed by atoms with E-state index in [4.69, 9.17) is 4.74 Å². The Morgan fingerprint density at radius 2 is 2.06 bits per heavy atom. The molecule has 2 saturated heterocycles. The molecule has 1 aliphatic carbocycles. The fourth-order valence-electron chi connectivity index (χ4n) is 5.08. The lowest BCUT2D eigenvalue weighted by Gasteiger charge is -2.39. The van der Waals surface area contributed by atoms with Gasteiger partial charge in [0, 0.05) is 50.8 Å². The Kier molecular flexibility index (Phi) is 8.09. The maximum atomic E-state index is 13.4. The second-order valence-corrected chi connectivity index (χ2v) is 11.1. The van der Waals surface area contributed by atoms with Gasteiger partial charge in [0.1, 0.15) is 0 Å². The predicted molar refractivity (Wildman–Crippen MR) is 130 cm³/mol. The molecule has 3 heterocycles. The number of piperidine rings is 1. The quantitative estimate of drug-likeness (QED) is 0.703. The van der Waals surface area contributed by atoms with Crippen LogP contribution in [0.15, 0.2) is 24.5 Å². The van der Waals surface area contributed by atoms with Crippen LogP contribution in [0.1, 0.15) is 52.4 Å². The Morgan fingerprint density at radius 3 is 2.79 bits per heavy atom. The number of carbonyl (C=O) groups is 2. The zero-order valence-corrected chi connectivity index (χ0v) is 20.6. The molecule has 1 saturated carbocycles. The summed E-state index contributed by atoms with van der Waals surface area (Å²) in [5.41, 5.74) is 0.273. The van der Waals surface area contributed by atoms with Gasteiger partial charge in [-0.1, -0.05) is 13.8 Å². The van der Waals surface area contributed by atoms with E-state index in [1.54, 1.807) is 18.5 Å². The largest absolute Gasteiger partial charge is 0.391 e. The smallest absolute Gasteiger partial charge is 0.321 e. The third-order valence-corrected chi connectivity index (χ3v) is 7.69. The number of hydrogen-bond acceptors (Lipinski definition) is 5. The van der Waals surface area contributed by atoms with Gasteiger partial charge >= 0.3 is 6.03 Å². The summed E-state index contributed by atoms with van der Waals surface area (Å²) in [6, 6.07) is 3.52. The van der Waals surface area contributed by atoms with E-state index >= 15 is 0 Å². The molecule has 0 unspecified atom stereocenters. The highest BCUT2D eigenvalue weighted by molar-refractivity contribution is 5.89. The summed E-state index contributed by atoms with van der Waals surface area (Å²) in [6.45, 7) is 7.49. The first-order valence-electron chi connectivity index (χ1n) is 12.8. The number of likely N-dealkylation sites (tertiary alicyclic amines) is 1. The fourth-order valence-corrected chi connectivity index (χ4v) is 5.08.